The molecule has 0 amide bonds. The first-order chi connectivity index (χ1) is 5.36. The first kappa shape index (κ1) is 11.5. The van der Waals surface area contributed by atoms with Gasteiger partial charge < -0.3 is 4.74 Å². The fourth-order valence-corrected chi connectivity index (χ4v) is 0.347. The van der Waals surface area contributed by atoms with Gasteiger partial charge in [-0.2, -0.15) is 8.78 Å². The third-order valence-electron chi connectivity index (χ3n) is 0.885. The van der Waals surface area contributed by atoms with E-state index in [9.17, 15) is 26.3 Å². The molecule has 0 saturated heterocycles. The SMILES string of the molecule is FC(F)CCOC(F)(F)C(F)F. The maximum absolute atomic E-state index is 11.8. The second-order valence-electron chi connectivity index (χ2n) is 1.89. The van der Waals surface area contributed by atoms with Crippen LogP contribution in [0.2, 0.25) is 0 Å². The first-order valence-corrected chi connectivity index (χ1v) is 2.94. The molecule has 1 nitrogen and oxygen atoms in total. The minimum absolute atomic E-state index is 0.984. The quantitative estimate of drug-likeness (QED) is 0.614. The van der Waals surface area contributed by atoms with Crippen molar-refractivity contribution >= 4 is 0 Å². The van der Waals surface area contributed by atoms with Crippen molar-refractivity contribution in [3.05, 3.63) is 0 Å². The Hall–Kier alpha value is -0.460. The second-order valence-corrected chi connectivity index (χ2v) is 1.89. The summed E-state index contributed by atoms with van der Waals surface area (Å²) in [5.41, 5.74) is 0. The van der Waals surface area contributed by atoms with E-state index in [1.807, 2.05) is 0 Å². The summed E-state index contributed by atoms with van der Waals surface area (Å²) in [5.74, 6) is 0. The highest BCUT2D eigenvalue weighted by Crippen LogP contribution is 2.24. The van der Waals surface area contributed by atoms with Crippen LogP contribution in [-0.4, -0.2) is 25.6 Å². The monoisotopic (exact) mass is 196 g/mol. The molecule has 12 heavy (non-hydrogen) atoms. The molecule has 0 aromatic heterocycles. The van der Waals surface area contributed by atoms with E-state index in [0.717, 1.165) is 0 Å². The van der Waals surface area contributed by atoms with E-state index in [1.54, 1.807) is 0 Å². The van der Waals surface area contributed by atoms with Gasteiger partial charge in [0.15, 0.2) is 0 Å². The number of halogens is 6. The summed E-state index contributed by atoms with van der Waals surface area (Å²) >= 11 is 0. The van der Waals surface area contributed by atoms with E-state index in [2.05, 4.69) is 4.74 Å². The minimum Gasteiger partial charge on any atom is -0.316 e. The van der Waals surface area contributed by atoms with E-state index >= 15 is 0 Å². The maximum Gasteiger partial charge on any atom is 0.416 e. The molecule has 0 aliphatic rings. The zero-order chi connectivity index (χ0) is 9.78. The van der Waals surface area contributed by atoms with Crippen molar-refractivity contribution in [1.29, 1.82) is 0 Å². The summed E-state index contributed by atoms with van der Waals surface area (Å²) in [7, 11) is 0. The van der Waals surface area contributed by atoms with Crippen molar-refractivity contribution in [1.82, 2.24) is 0 Å². The highest BCUT2D eigenvalue weighted by molar-refractivity contribution is 4.55. The normalized spacial score (nSPS) is 13.0. The van der Waals surface area contributed by atoms with Crippen LogP contribution in [0.3, 0.4) is 0 Å². The fourth-order valence-electron chi connectivity index (χ4n) is 0.347. The Labute approximate surface area is 64.3 Å². The van der Waals surface area contributed by atoms with Crippen LogP contribution in [-0.2, 0) is 4.74 Å². The number of alkyl halides is 6. The van der Waals surface area contributed by atoms with Crippen LogP contribution in [0.15, 0.2) is 0 Å². The Kier molecular flexibility index (Phi) is 4.36. The molecule has 74 valence electrons. The number of rotatable bonds is 5. The van der Waals surface area contributed by atoms with Gasteiger partial charge in [-0.25, -0.2) is 17.6 Å². The molecule has 0 heterocycles. The summed E-state index contributed by atoms with van der Waals surface area (Å²) in [5, 5.41) is 0. The molecule has 0 N–H and O–H groups in total. The lowest BCUT2D eigenvalue weighted by molar-refractivity contribution is -0.301. The van der Waals surface area contributed by atoms with Crippen molar-refractivity contribution in [2.75, 3.05) is 6.61 Å². The molecule has 0 radical (unpaired) electrons. The topological polar surface area (TPSA) is 9.23 Å². The molecule has 0 atom stereocenters. The summed E-state index contributed by atoms with van der Waals surface area (Å²) in [4.78, 5) is 0. The number of hydrogen-bond acceptors (Lipinski definition) is 1. The lowest BCUT2D eigenvalue weighted by Gasteiger charge is -2.14. The minimum atomic E-state index is -4.63. The van der Waals surface area contributed by atoms with Crippen LogP contribution in [0.5, 0.6) is 0 Å². The zero-order valence-corrected chi connectivity index (χ0v) is 5.74. The van der Waals surface area contributed by atoms with Gasteiger partial charge in [-0.15, -0.1) is 0 Å². The third-order valence-corrected chi connectivity index (χ3v) is 0.885. The van der Waals surface area contributed by atoms with Crippen molar-refractivity contribution < 1.29 is 31.1 Å². The molecule has 0 bridgehead atoms. The Balaban J connectivity index is 3.61. The molecule has 0 unspecified atom stereocenters. The molecular weight excluding hydrogens is 190 g/mol. The average Bonchev–Trinajstić information content (AvgIpc) is 1.85. The van der Waals surface area contributed by atoms with Gasteiger partial charge in [0.2, 0.25) is 6.43 Å². The molecule has 0 fully saturated rings. The summed E-state index contributed by atoms with van der Waals surface area (Å²) in [6.45, 7) is -1.09. The molecule has 0 rings (SSSR count). The van der Waals surface area contributed by atoms with Gasteiger partial charge in [-0.1, -0.05) is 0 Å². The highest BCUT2D eigenvalue weighted by Gasteiger charge is 2.42. The second kappa shape index (κ2) is 4.54. The van der Waals surface area contributed by atoms with Gasteiger partial charge in [-0.05, 0) is 0 Å². The van der Waals surface area contributed by atoms with Crippen LogP contribution >= 0.6 is 0 Å². The molecule has 7 heteroatoms. The smallest absolute Gasteiger partial charge is 0.316 e. The molecule has 0 aliphatic heterocycles. The molecule has 0 aliphatic carbocycles. The Bertz CT molecular complexity index is 125. The predicted molar refractivity (Wildman–Crippen MR) is 27.5 cm³/mol. The van der Waals surface area contributed by atoms with Crippen LogP contribution in [0, 0.1) is 0 Å². The van der Waals surface area contributed by atoms with Gasteiger partial charge in [0.1, 0.15) is 0 Å². The Morgan fingerprint density at radius 2 is 1.58 bits per heavy atom. The van der Waals surface area contributed by atoms with E-state index < -0.39 is 32.0 Å². The highest BCUT2D eigenvalue weighted by atomic mass is 19.3. The van der Waals surface area contributed by atoms with Crippen LogP contribution in [0.1, 0.15) is 6.42 Å². The molecular formula is C5H6F6O. The third kappa shape index (κ3) is 4.42. The van der Waals surface area contributed by atoms with Gasteiger partial charge in [0, 0.05) is 6.42 Å². The number of ether oxygens (including phenoxy) is 1. The summed E-state index contributed by atoms with van der Waals surface area (Å²) < 4.78 is 71.9. The lowest BCUT2D eigenvalue weighted by atomic mass is 10.5. The van der Waals surface area contributed by atoms with Crippen molar-refractivity contribution in [2.45, 2.75) is 25.4 Å². The fraction of sp³-hybridized carbons (Fsp3) is 1.00. The Morgan fingerprint density at radius 3 is 1.92 bits per heavy atom. The Morgan fingerprint density at radius 1 is 1.08 bits per heavy atom. The van der Waals surface area contributed by atoms with Gasteiger partial charge in [0.25, 0.3) is 0 Å². The number of hydrogen-bond donors (Lipinski definition) is 0. The van der Waals surface area contributed by atoms with Crippen molar-refractivity contribution in [2.24, 2.45) is 0 Å². The summed E-state index contributed by atoms with van der Waals surface area (Å²) in [6, 6.07) is 0. The van der Waals surface area contributed by atoms with Gasteiger partial charge in [0.05, 0.1) is 6.61 Å². The van der Waals surface area contributed by atoms with E-state index in [1.165, 1.54) is 0 Å². The standard InChI is InChI=1S/C5H6F6O/c6-3(7)1-2-12-5(10,11)4(8)9/h3-4H,1-2H2. The molecule has 0 aromatic rings. The summed E-state index contributed by atoms with van der Waals surface area (Å²) in [6.07, 6.45) is -12.4. The first-order valence-electron chi connectivity index (χ1n) is 2.94. The van der Waals surface area contributed by atoms with E-state index in [-0.39, 0.29) is 0 Å². The van der Waals surface area contributed by atoms with Crippen LogP contribution in [0.4, 0.5) is 26.3 Å². The van der Waals surface area contributed by atoms with Gasteiger partial charge >= 0.3 is 12.5 Å². The lowest BCUT2D eigenvalue weighted by Crippen LogP contribution is -2.30. The molecule has 0 aromatic carbocycles. The van der Waals surface area contributed by atoms with Gasteiger partial charge in [-0.3, -0.25) is 0 Å². The van der Waals surface area contributed by atoms with E-state index in [4.69, 9.17) is 0 Å². The van der Waals surface area contributed by atoms with Crippen molar-refractivity contribution in [3.63, 3.8) is 0 Å². The van der Waals surface area contributed by atoms with E-state index in [0.29, 0.717) is 0 Å². The average molecular weight is 196 g/mol. The predicted octanol–water partition coefficient (Wildman–Crippen LogP) is 2.52. The zero-order valence-electron chi connectivity index (χ0n) is 5.74. The van der Waals surface area contributed by atoms with Crippen LogP contribution in [0.25, 0.3) is 0 Å². The molecule has 0 spiro atoms. The maximum atomic E-state index is 11.8. The molecule has 0 saturated carbocycles. The van der Waals surface area contributed by atoms with Crippen molar-refractivity contribution in [3.8, 4) is 0 Å². The van der Waals surface area contributed by atoms with Crippen LogP contribution < -0.4 is 0 Å². The largest absolute Gasteiger partial charge is 0.416 e.